The van der Waals surface area contributed by atoms with Crippen molar-refractivity contribution < 1.29 is 5.11 Å². The fraction of sp³-hybridized carbons (Fsp3) is 0.556. The summed E-state index contributed by atoms with van der Waals surface area (Å²) in [5.41, 5.74) is 6.39. The molecular weight excluding hydrogens is 198 g/mol. The maximum atomic E-state index is 8.85. The van der Waals surface area contributed by atoms with E-state index >= 15 is 0 Å². The molecule has 3 N–H and O–H groups in total. The second-order valence-electron chi connectivity index (χ2n) is 3.30. The average Bonchev–Trinajstić information content (AvgIpc) is 2.12. The van der Waals surface area contributed by atoms with Gasteiger partial charge in [0.05, 0.1) is 0 Å². The predicted molar refractivity (Wildman–Crippen MR) is 58.2 cm³/mol. The minimum Gasteiger partial charge on any atom is -0.396 e. The van der Waals surface area contributed by atoms with Crippen LogP contribution in [0.25, 0.3) is 0 Å². The minimum absolute atomic E-state index is 0.201. The van der Waals surface area contributed by atoms with Gasteiger partial charge in [-0.3, -0.25) is 0 Å². The van der Waals surface area contributed by atoms with Crippen LogP contribution in [0.5, 0.6) is 0 Å². The van der Waals surface area contributed by atoms with Gasteiger partial charge in [0.25, 0.3) is 0 Å². The quantitative estimate of drug-likeness (QED) is 0.578. The molecule has 0 radical (unpaired) electrons. The molecule has 5 heteroatoms. The molecule has 0 aliphatic heterocycles. The number of aryl methyl sites for hydroxylation is 1. The monoisotopic (exact) mass is 213 g/mol. The van der Waals surface area contributed by atoms with Crippen LogP contribution >= 0.6 is 11.8 Å². The number of nitrogen functional groups attached to an aromatic ring is 1. The first-order valence-electron chi connectivity index (χ1n) is 4.46. The Labute approximate surface area is 88.0 Å². The van der Waals surface area contributed by atoms with Gasteiger partial charge in [-0.15, -0.1) is 11.8 Å². The molecule has 0 aromatic carbocycles. The van der Waals surface area contributed by atoms with E-state index in [2.05, 4.69) is 9.97 Å². The molecule has 14 heavy (non-hydrogen) atoms. The van der Waals surface area contributed by atoms with Gasteiger partial charge < -0.3 is 10.8 Å². The number of hydrogen-bond donors (Lipinski definition) is 2. The van der Waals surface area contributed by atoms with E-state index in [0.29, 0.717) is 5.95 Å². The van der Waals surface area contributed by atoms with Gasteiger partial charge in [-0.1, -0.05) is 6.92 Å². The third-order valence-electron chi connectivity index (χ3n) is 1.68. The highest BCUT2D eigenvalue weighted by atomic mass is 32.2. The lowest BCUT2D eigenvalue weighted by Gasteiger charge is -2.07. The molecule has 1 aromatic rings. The molecule has 1 rings (SSSR count). The molecule has 0 saturated carbocycles. The van der Waals surface area contributed by atoms with Crippen LogP contribution in [0.2, 0.25) is 0 Å². The maximum absolute atomic E-state index is 8.85. The number of aromatic nitrogens is 2. The maximum Gasteiger partial charge on any atom is 0.221 e. The fourth-order valence-corrected chi connectivity index (χ4v) is 1.89. The summed E-state index contributed by atoms with van der Waals surface area (Å²) in [5, 5.41) is 9.72. The molecular formula is C9H15N3OS. The second-order valence-corrected chi connectivity index (χ2v) is 4.34. The molecule has 0 aliphatic rings. The number of anilines is 1. The SMILES string of the molecule is Cc1cc(SCC(C)CO)nc(N)n1. The Hall–Kier alpha value is -0.810. The van der Waals surface area contributed by atoms with E-state index < -0.39 is 0 Å². The van der Waals surface area contributed by atoms with Crippen molar-refractivity contribution in [3.63, 3.8) is 0 Å². The van der Waals surface area contributed by atoms with Gasteiger partial charge in [0.2, 0.25) is 5.95 Å². The summed E-state index contributed by atoms with van der Waals surface area (Å²) in [7, 11) is 0. The molecule has 4 nitrogen and oxygen atoms in total. The number of aliphatic hydroxyl groups is 1. The molecule has 0 aliphatic carbocycles. The van der Waals surface area contributed by atoms with Crippen molar-refractivity contribution in [1.29, 1.82) is 0 Å². The zero-order chi connectivity index (χ0) is 10.6. The third-order valence-corrected chi connectivity index (χ3v) is 2.92. The molecule has 1 atom stereocenters. The summed E-state index contributed by atoms with van der Waals surface area (Å²) < 4.78 is 0. The van der Waals surface area contributed by atoms with Crippen LogP contribution in [0.15, 0.2) is 11.1 Å². The van der Waals surface area contributed by atoms with Crippen molar-refractivity contribution in [2.24, 2.45) is 5.92 Å². The smallest absolute Gasteiger partial charge is 0.221 e. The van der Waals surface area contributed by atoms with E-state index in [1.54, 1.807) is 11.8 Å². The normalized spacial score (nSPS) is 12.8. The Kier molecular flexibility index (Phi) is 4.16. The third kappa shape index (κ3) is 3.51. The van der Waals surface area contributed by atoms with Crippen molar-refractivity contribution in [2.75, 3.05) is 18.1 Å². The average molecular weight is 213 g/mol. The molecule has 78 valence electrons. The number of aliphatic hydroxyl groups excluding tert-OH is 1. The molecule has 0 amide bonds. The van der Waals surface area contributed by atoms with Gasteiger partial charge in [0.15, 0.2) is 0 Å². The highest BCUT2D eigenvalue weighted by Gasteiger charge is 2.04. The first-order chi connectivity index (χ1) is 6.61. The Morgan fingerprint density at radius 2 is 2.29 bits per heavy atom. The van der Waals surface area contributed by atoms with Crippen LogP contribution in [0.1, 0.15) is 12.6 Å². The number of nitrogens with zero attached hydrogens (tertiary/aromatic N) is 2. The number of nitrogens with two attached hydrogens (primary N) is 1. The number of rotatable bonds is 4. The largest absolute Gasteiger partial charge is 0.396 e. The molecule has 0 bridgehead atoms. The topological polar surface area (TPSA) is 72.0 Å². The molecule has 1 unspecified atom stereocenters. The predicted octanol–water partition coefficient (Wildman–Crippen LogP) is 1.09. The van der Waals surface area contributed by atoms with Gasteiger partial charge in [-0.2, -0.15) is 0 Å². The lowest BCUT2D eigenvalue weighted by molar-refractivity contribution is 0.250. The highest BCUT2D eigenvalue weighted by molar-refractivity contribution is 7.99. The lowest BCUT2D eigenvalue weighted by Crippen LogP contribution is -2.04. The zero-order valence-corrected chi connectivity index (χ0v) is 9.21. The summed E-state index contributed by atoms with van der Waals surface area (Å²) in [6, 6.07) is 1.89. The molecule has 0 fully saturated rings. The standard InChI is InChI=1S/C9H15N3OS/c1-6(4-13)5-14-8-3-7(2)11-9(10)12-8/h3,6,13H,4-5H2,1-2H3,(H2,10,11,12). The lowest BCUT2D eigenvalue weighted by atomic mass is 10.2. The summed E-state index contributed by atoms with van der Waals surface area (Å²) >= 11 is 1.59. The Bertz CT molecular complexity index is 286. The van der Waals surface area contributed by atoms with Crippen LogP contribution in [0.3, 0.4) is 0 Å². The van der Waals surface area contributed by atoms with Crippen LogP contribution in [-0.2, 0) is 0 Å². The summed E-state index contributed by atoms with van der Waals surface area (Å²) in [6.45, 7) is 4.08. The van der Waals surface area contributed by atoms with E-state index in [1.165, 1.54) is 0 Å². The van der Waals surface area contributed by atoms with E-state index in [4.69, 9.17) is 10.8 Å². The molecule has 1 heterocycles. The van der Waals surface area contributed by atoms with Gasteiger partial charge in [-0.05, 0) is 18.9 Å². The van der Waals surface area contributed by atoms with Crippen LogP contribution < -0.4 is 5.73 Å². The van der Waals surface area contributed by atoms with Crippen molar-refractivity contribution in [1.82, 2.24) is 9.97 Å². The van der Waals surface area contributed by atoms with E-state index in [9.17, 15) is 0 Å². The first-order valence-corrected chi connectivity index (χ1v) is 5.45. The number of hydrogen-bond acceptors (Lipinski definition) is 5. The van der Waals surface area contributed by atoms with Crippen LogP contribution in [0, 0.1) is 12.8 Å². The van der Waals surface area contributed by atoms with Gasteiger partial charge in [0, 0.05) is 18.1 Å². The fourth-order valence-electron chi connectivity index (χ4n) is 0.916. The Morgan fingerprint density at radius 1 is 1.57 bits per heavy atom. The van der Waals surface area contributed by atoms with Gasteiger partial charge in [0.1, 0.15) is 5.03 Å². The van der Waals surface area contributed by atoms with E-state index in [0.717, 1.165) is 16.5 Å². The van der Waals surface area contributed by atoms with Crippen LogP contribution in [-0.4, -0.2) is 27.4 Å². The summed E-state index contributed by atoms with van der Waals surface area (Å²) in [6.07, 6.45) is 0. The summed E-state index contributed by atoms with van der Waals surface area (Å²) in [5.74, 6) is 1.42. The zero-order valence-electron chi connectivity index (χ0n) is 8.40. The second kappa shape index (κ2) is 5.17. The molecule has 1 aromatic heterocycles. The summed E-state index contributed by atoms with van der Waals surface area (Å²) in [4.78, 5) is 8.07. The minimum atomic E-state index is 0.201. The van der Waals surface area contributed by atoms with Gasteiger partial charge in [-0.25, -0.2) is 9.97 Å². The Balaban J connectivity index is 2.58. The van der Waals surface area contributed by atoms with E-state index in [-0.39, 0.29) is 12.5 Å². The van der Waals surface area contributed by atoms with E-state index in [1.807, 2.05) is 19.9 Å². The molecule has 0 saturated heterocycles. The highest BCUT2D eigenvalue weighted by Crippen LogP contribution is 2.19. The van der Waals surface area contributed by atoms with Crippen molar-refractivity contribution in [3.8, 4) is 0 Å². The van der Waals surface area contributed by atoms with Crippen molar-refractivity contribution in [3.05, 3.63) is 11.8 Å². The number of thioether (sulfide) groups is 1. The van der Waals surface area contributed by atoms with Crippen molar-refractivity contribution >= 4 is 17.7 Å². The Morgan fingerprint density at radius 3 is 2.86 bits per heavy atom. The van der Waals surface area contributed by atoms with Crippen LogP contribution in [0.4, 0.5) is 5.95 Å². The molecule has 0 spiro atoms. The van der Waals surface area contributed by atoms with Crippen molar-refractivity contribution in [2.45, 2.75) is 18.9 Å². The first kappa shape index (κ1) is 11.3. The van der Waals surface area contributed by atoms with Gasteiger partial charge >= 0.3 is 0 Å².